The number of benzene rings is 2. The Labute approximate surface area is 217 Å². The van der Waals surface area contributed by atoms with Gasteiger partial charge in [-0.25, -0.2) is 4.79 Å². The van der Waals surface area contributed by atoms with Crippen LogP contribution in [0, 0.1) is 0 Å². The molecule has 0 saturated carbocycles. The van der Waals surface area contributed by atoms with Crippen LogP contribution in [0.5, 0.6) is 5.75 Å². The highest BCUT2D eigenvalue weighted by Gasteiger charge is 2.57. The van der Waals surface area contributed by atoms with Crippen molar-refractivity contribution in [2.75, 3.05) is 6.54 Å². The lowest BCUT2D eigenvalue weighted by Gasteiger charge is -2.43. The van der Waals surface area contributed by atoms with Gasteiger partial charge in [0, 0.05) is 34.6 Å². The zero-order chi connectivity index (χ0) is 26.9. The van der Waals surface area contributed by atoms with Crippen molar-refractivity contribution < 1.29 is 32.9 Å². The van der Waals surface area contributed by atoms with Gasteiger partial charge < -0.3 is 20.3 Å². The molecule has 3 rings (SSSR count). The lowest BCUT2D eigenvalue weighted by Crippen LogP contribution is -2.58. The monoisotopic (exact) mass is 572 g/mol. The van der Waals surface area contributed by atoms with Gasteiger partial charge in [-0.1, -0.05) is 46.3 Å². The number of carbonyl (C=O) groups is 1. The average Bonchev–Trinajstić information content (AvgIpc) is 2.76. The van der Waals surface area contributed by atoms with Crippen LogP contribution in [0.4, 0.5) is 18.0 Å². The number of fused-ring (bicyclic) bond motifs is 1. The summed E-state index contributed by atoms with van der Waals surface area (Å²) < 4.78 is 47.7. The zero-order valence-corrected chi connectivity index (χ0v) is 22.2. The van der Waals surface area contributed by atoms with Crippen molar-refractivity contribution in [3.8, 4) is 5.75 Å². The zero-order valence-electron chi connectivity index (χ0n) is 20.6. The second kappa shape index (κ2) is 10.6. The number of aliphatic hydroxyl groups is 1. The Balaban J connectivity index is 1.89. The first kappa shape index (κ1) is 28.3. The van der Waals surface area contributed by atoms with E-state index >= 15 is 0 Å². The molecule has 2 aromatic carbocycles. The summed E-state index contributed by atoms with van der Waals surface area (Å²) in [5.41, 5.74) is -1.87. The van der Waals surface area contributed by atoms with E-state index in [1.807, 2.05) is 30.3 Å². The topological polar surface area (TPSA) is 82.0 Å². The number of alkyl halides is 3. The second-order valence-electron chi connectivity index (χ2n) is 10.3. The van der Waals surface area contributed by atoms with Crippen LogP contribution >= 0.6 is 15.9 Å². The van der Waals surface area contributed by atoms with Gasteiger partial charge in [0.05, 0.1) is 12.1 Å². The predicted octanol–water partition coefficient (Wildman–Crippen LogP) is 5.93. The van der Waals surface area contributed by atoms with Crippen molar-refractivity contribution in [1.82, 2.24) is 10.2 Å². The van der Waals surface area contributed by atoms with Crippen LogP contribution in [0.15, 0.2) is 53.0 Å². The Bertz CT molecular complexity index is 1060. The molecule has 3 N–H and O–H groups in total. The van der Waals surface area contributed by atoms with Crippen molar-refractivity contribution in [2.45, 2.75) is 76.0 Å². The predicted molar refractivity (Wildman–Crippen MR) is 134 cm³/mol. The highest BCUT2D eigenvalue weighted by molar-refractivity contribution is 9.10. The Morgan fingerprint density at radius 3 is 2.42 bits per heavy atom. The number of aliphatic hydroxyl groups excluding tert-OH is 1. The average molecular weight is 573 g/mol. The molecule has 1 amide bonds. The number of rotatable bonds is 7. The van der Waals surface area contributed by atoms with E-state index in [0.29, 0.717) is 10.0 Å². The Hall–Kier alpha value is -2.30. The molecule has 10 heteroatoms. The molecule has 0 fully saturated rings. The van der Waals surface area contributed by atoms with Crippen LogP contribution < -0.4 is 10.1 Å². The quantitative estimate of drug-likeness (QED) is 0.383. The molecule has 0 aromatic heterocycles. The minimum absolute atomic E-state index is 0.110. The van der Waals surface area contributed by atoms with Crippen molar-refractivity contribution >= 4 is 22.0 Å². The highest BCUT2D eigenvalue weighted by Crippen LogP contribution is 2.47. The van der Waals surface area contributed by atoms with E-state index in [-0.39, 0.29) is 18.7 Å². The van der Waals surface area contributed by atoms with Crippen LogP contribution in [-0.4, -0.2) is 57.2 Å². The number of ether oxygens (including phenoxy) is 1. The summed E-state index contributed by atoms with van der Waals surface area (Å²) in [5, 5.41) is 24.3. The third kappa shape index (κ3) is 6.33. The largest absolute Gasteiger partial charge is 0.478 e. The SMILES string of the molecule is CC(C)(C)N(C(=O)O)C(Cc1ccccc1)[C@H](O)CN[C@H]1CC(C)(C(F)(F)F)Oc2ccc(Br)cc21. The lowest BCUT2D eigenvalue weighted by molar-refractivity contribution is -0.249. The van der Waals surface area contributed by atoms with Crippen molar-refractivity contribution in [1.29, 1.82) is 0 Å². The van der Waals surface area contributed by atoms with Crippen molar-refractivity contribution in [3.05, 3.63) is 64.1 Å². The number of hydrogen-bond donors (Lipinski definition) is 3. The van der Waals surface area contributed by atoms with Crippen molar-refractivity contribution in [3.63, 3.8) is 0 Å². The number of carboxylic acid groups (broad SMARTS) is 1. The molecule has 0 radical (unpaired) electrons. The first-order valence-corrected chi connectivity index (χ1v) is 12.4. The molecule has 6 nitrogen and oxygen atoms in total. The van der Waals surface area contributed by atoms with Crippen LogP contribution in [0.2, 0.25) is 0 Å². The highest BCUT2D eigenvalue weighted by atomic mass is 79.9. The van der Waals surface area contributed by atoms with Gasteiger partial charge in [0.15, 0.2) is 0 Å². The molecule has 198 valence electrons. The summed E-state index contributed by atoms with van der Waals surface area (Å²) in [6.07, 6.45) is -7.16. The van der Waals surface area contributed by atoms with Gasteiger partial charge in [0.1, 0.15) is 5.75 Å². The maximum atomic E-state index is 13.9. The van der Waals surface area contributed by atoms with E-state index in [1.54, 1.807) is 32.9 Å². The maximum Gasteiger partial charge on any atom is 0.428 e. The van der Waals surface area contributed by atoms with Crippen LogP contribution in [0.3, 0.4) is 0 Å². The summed E-state index contributed by atoms with van der Waals surface area (Å²) in [6, 6.07) is 12.3. The third-order valence-corrected chi connectivity index (χ3v) is 6.93. The number of amides is 1. The molecular formula is C26H32BrF3N2O4. The van der Waals surface area contributed by atoms with E-state index in [2.05, 4.69) is 21.2 Å². The summed E-state index contributed by atoms with van der Waals surface area (Å²) in [6.45, 7) is 6.09. The Morgan fingerprint density at radius 2 is 1.86 bits per heavy atom. The third-order valence-electron chi connectivity index (χ3n) is 6.44. The van der Waals surface area contributed by atoms with E-state index in [1.165, 1.54) is 11.0 Å². The molecule has 0 aliphatic carbocycles. The van der Waals surface area contributed by atoms with Crippen LogP contribution in [0.1, 0.15) is 51.3 Å². The summed E-state index contributed by atoms with van der Waals surface area (Å²) in [7, 11) is 0. The standard InChI is InChI=1S/C26H32BrF3N2O4/c1-24(2,3)32(23(34)35)20(12-16-8-6-5-7-9-16)21(33)15-31-19-14-25(4,26(28,29)30)36-22-11-10-17(27)13-18(19)22/h5-11,13,19-21,31,33H,12,14-15H2,1-4H3,(H,34,35)/t19-,20?,21+,25?/m0/s1. The van der Waals surface area contributed by atoms with Crippen molar-refractivity contribution in [2.24, 2.45) is 0 Å². The normalized spacial score (nSPS) is 21.8. The molecular weight excluding hydrogens is 541 g/mol. The summed E-state index contributed by atoms with van der Waals surface area (Å²) >= 11 is 3.36. The molecule has 1 heterocycles. The van der Waals surface area contributed by atoms with Gasteiger partial charge in [-0.15, -0.1) is 0 Å². The van der Waals surface area contributed by atoms with E-state index < -0.39 is 48.0 Å². The lowest BCUT2D eigenvalue weighted by atomic mass is 9.87. The summed E-state index contributed by atoms with van der Waals surface area (Å²) in [4.78, 5) is 13.4. The molecule has 2 unspecified atom stereocenters. The number of halogens is 4. The first-order chi connectivity index (χ1) is 16.6. The fourth-order valence-corrected chi connectivity index (χ4v) is 4.98. The van der Waals surface area contributed by atoms with Gasteiger partial charge in [-0.05, 0) is 57.9 Å². The number of nitrogens with zero attached hydrogens (tertiary/aromatic N) is 1. The molecule has 0 spiro atoms. The van der Waals surface area contributed by atoms with E-state index in [0.717, 1.165) is 12.5 Å². The Kier molecular flexibility index (Phi) is 8.32. The number of hydrogen-bond acceptors (Lipinski definition) is 4. The van der Waals surface area contributed by atoms with Gasteiger partial charge in [0.25, 0.3) is 0 Å². The van der Waals surface area contributed by atoms with E-state index in [9.17, 15) is 28.2 Å². The minimum atomic E-state index is -4.61. The van der Waals surface area contributed by atoms with Gasteiger partial charge in [0.2, 0.25) is 5.60 Å². The molecule has 1 aliphatic rings. The van der Waals surface area contributed by atoms with E-state index in [4.69, 9.17) is 4.74 Å². The second-order valence-corrected chi connectivity index (χ2v) is 11.2. The molecule has 1 aliphatic heterocycles. The smallest absolute Gasteiger partial charge is 0.428 e. The Morgan fingerprint density at radius 1 is 1.22 bits per heavy atom. The van der Waals surface area contributed by atoms with Crippen LogP contribution in [0.25, 0.3) is 0 Å². The molecule has 4 atom stereocenters. The van der Waals surface area contributed by atoms with Gasteiger partial charge in [-0.2, -0.15) is 13.2 Å². The fraction of sp³-hybridized carbons (Fsp3) is 0.500. The maximum absolute atomic E-state index is 13.9. The van der Waals surface area contributed by atoms with Gasteiger partial charge >= 0.3 is 12.3 Å². The summed E-state index contributed by atoms with van der Waals surface area (Å²) in [5.74, 6) is 0.110. The number of nitrogens with one attached hydrogen (secondary N) is 1. The molecule has 0 saturated heterocycles. The fourth-order valence-electron chi connectivity index (χ4n) is 4.60. The van der Waals surface area contributed by atoms with Gasteiger partial charge in [-0.3, -0.25) is 4.90 Å². The van der Waals surface area contributed by atoms with Crippen LogP contribution in [-0.2, 0) is 6.42 Å². The molecule has 2 aromatic rings. The molecule has 0 bridgehead atoms. The first-order valence-electron chi connectivity index (χ1n) is 11.7. The molecule has 36 heavy (non-hydrogen) atoms. The minimum Gasteiger partial charge on any atom is -0.478 e.